The van der Waals surface area contributed by atoms with Gasteiger partial charge in [0.15, 0.2) is 5.96 Å². The minimum atomic E-state index is 0. The Bertz CT molecular complexity index is 642. The molecule has 0 amide bonds. The molecule has 1 atom stereocenters. The molecule has 0 saturated carbocycles. The van der Waals surface area contributed by atoms with Gasteiger partial charge in [0, 0.05) is 32.3 Å². The zero-order valence-electron chi connectivity index (χ0n) is 14.0. The highest BCUT2D eigenvalue weighted by molar-refractivity contribution is 14.0. The number of methoxy groups -OCH3 is 1. The summed E-state index contributed by atoms with van der Waals surface area (Å²) in [6.45, 7) is 2.70. The molecule has 1 aliphatic rings. The Labute approximate surface area is 159 Å². The van der Waals surface area contributed by atoms with Crippen LogP contribution in [0.5, 0.6) is 5.75 Å². The third-order valence-electron chi connectivity index (χ3n) is 4.28. The number of halogens is 1. The molecule has 7 heteroatoms. The molecule has 1 aromatic heterocycles. The second kappa shape index (κ2) is 8.91. The molecule has 1 saturated heterocycles. The summed E-state index contributed by atoms with van der Waals surface area (Å²) in [7, 11) is 3.53. The number of nitrogens with one attached hydrogen (secondary N) is 2. The van der Waals surface area contributed by atoms with Crippen molar-refractivity contribution in [1.82, 2.24) is 20.4 Å². The number of guanidine groups is 1. The van der Waals surface area contributed by atoms with Crippen molar-refractivity contribution in [2.75, 3.05) is 27.2 Å². The molecule has 0 bridgehead atoms. The van der Waals surface area contributed by atoms with Gasteiger partial charge in [0.05, 0.1) is 19.3 Å². The van der Waals surface area contributed by atoms with Gasteiger partial charge in [-0.2, -0.15) is 5.10 Å². The molecule has 2 N–H and O–H groups in total. The number of aromatic nitrogens is 2. The monoisotopic (exact) mass is 441 g/mol. The molecule has 1 unspecified atom stereocenters. The minimum Gasteiger partial charge on any atom is -0.497 e. The number of aliphatic imine (C=N–C) groups is 1. The van der Waals surface area contributed by atoms with Gasteiger partial charge in [0.1, 0.15) is 5.75 Å². The second-order valence-electron chi connectivity index (χ2n) is 5.69. The van der Waals surface area contributed by atoms with Crippen LogP contribution in [0.1, 0.15) is 23.6 Å². The highest BCUT2D eigenvalue weighted by Crippen LogP contribution is 2.28. The lowest BCUT2D eigenvalue weighted by atomic mass is 9.98. The number of aromatic amines is 1. The van der Waals surface area contributed by atoms with E-state index in [1.165, 1.54) is 5.56 Å². The van der Waals surface area contributed by atoms with Crippen molar-refractivity contribution in [2.45, 2.75) is 18.9 Å². The maximum atomic E-state index is 5.23. The average Bonchev–Trinajstić information content (AvgIpc) is 3.27. The molecule has 1 aromatic carbocycles. The third kappa shape index (κ3) is 4.40. The van der Waals surface area contributed by atoms with Gasteiger partial charge in [0.25, 0.3) is 0 Å². The lowest BCUT2D eigenvalue weighted by Crippen LogP contribution is -2.39. The van der Waals surface area contributed by atoms with Crippen LogP contribution in [-0.4, -0.2) is 48.3 Å². The number of ether oxygens (including phenoxy) is 1. The van der Waals surface area contributed by atoms with E-state index in [1.807, 2.05) is 25.2 Å². The summed E-state index contributed by atoms with van der Waals surface area (Å²) in [5, 5.41) is 10.3. The summed E-state index contributed by atoms with van der Waals surface area (Å²) in [5.74, 6) is 2.38. The molecular formula is C17H24IN5O. The molecule has 1 fully saturated rings. The molecule has 0 aliphatic carbocycles. The first-order chi connectivity index (χ1) is 11.3. The number of likely N-dealkylation sites (tertiary alicyclic amines) is 1. The van der Waals surface area contributed by atoms with Crippen molar-refractivity contribution in [3.63, 3.8) is 0 Å². The summed E-state index contributed by atoms with van der Waals surface area (Å²) in [6.07, 6.45) is 2.90. The SMILES string of the molecule is CN=C(NCc1ccn[nH]1)N1CCC(c2ccc(OC)cc2)C1.I. The third-order valence-corrected chi connectivity index (χ3v) is 4.28. The van der Waals surface area contributed by atoms with Crippen LogP contribution in [-0.2, 0) is 6.54 Å². The number of nitrogens with zero attached hydrogens (tertiary/aromatic N) is 3. The summed E-state index contributed by atoms with van der Waals surface area (Å²) >= 11 is 0. The van der Waals surface area contributed by atoms with Gasteiger partial charge in [-0.1, -0.05) is 12.1 Å². The van der Waals surface area contributed by atoms with E-state index >= 15 is 0 Å². The van der Waals surface area contributed by atoms with Crippen molar-refractivity contribution < 1.29 is 4.74 Å². The Morgan fingerprint density at radius 3 is 2.79 bits per heavy atom. The fourth-order valence-corrected chi connectivity index (χ4v) is 2.99. The molecular weight excluding hydrogens is 417 g/mol. The zero-order valence-corrected chi connectivity index (χ0v) is 16.4. The number of H-pyrrole nitrogens is 1. The predicted molar refractivity (Wildman–Crippen MR) is 106 cm³/mol. The van der Waals surface area contributed by atoms with Crippen LogP contribution in [0.15, 0.2) is 41.5 Å². The number of rotatable bonds is 4. The summed E-state index contributed by atoms with van der Waals surface area (Å²) in [5.41, 5.74) is 2.41. The van der Waals surface area contributed by atoms with Crippen molar-refractivity contribution in [1.29, 1.82) is 0 Å². The molecule has 0 spiro atoms. The Hall–Kier alpha value is -1.77. The van der Waals surface area contributed by atoms with E-state index in [9.17, 15) is 0 Å². The summed E-state index contributed by atoms with van der Waals surface area (Å²) in [6, 6.07) is 10.3. The number of hydrogen-bond donors (Lipinski definition) is 2. The minimum absolute atomic E-state index is 0. The van der Waals surface area contributed by atoms with Crippen LogP contribution in [0.4, 0.5) is 0 Å². The first kappa shape index (κ1) is 18.6. The molecule has 2 heterocycles. The van der Waals surface area contributed by atoms with Crippen LogP contribution in [0, 0.1) is 0 Å². The van der Waals surface area contributed by atoms with Gasteiger partial charge in [-0.05, 0) is 30.2 Å². The second-order valence-corrected chi connectivity index (χ2v) is 5.69. The topological polar surface area (TPSA) is 65.5 Å². The highest BCUT2D eigenvalue weighted by Gasteiger charge is 2.26. The quantitative estimate of drug-likeness (QED) is 0.435. The molecule has 1 aliphatic heterocycles. The normalized spacial score (nSPS) is 17.5. The van der Waals surface area contributed by atoms with Crippen LogP contribution in [0.3, 0.4) is 0 Å². The van der Waals surface area contributed by atoms with E-state index < -0.39 is 0 Å². The molecule has 130 valence electrons. The fraction of sp³-hybridized carbons (Fsp3) is 0.412. The van der Waals surface area contributed by atoms with Crippen molar-refractivity contribution in [3.8, 4) is 5.75 Å². The van der Waals surface area contributed by atoms with E-state index in [1.54, 1.807) is 13.3 Å². The van der Waals surface area contributed by atoms with Crippen molar-refractivity contribution in [2.24, 2.45) is 4.99 Å². The van der Waals surface area contributed by atoms with E-state index in [-0.39, 0.29) is 24.0 Å². The smallest absolute Gasteiger partial charge is 0.193 e. The van der Waals surface area contributed by atoms with Gasteiger partial charge in [-0.15, -0.1) is 24.0 Å². The van der Waals surface area contributed by atoms with E-state index in [0.717, 1.165) is 36.9 Å². The van der Waals surface area contributed by atoms with Crippen molar-refractivity contribution >= 4 is 29.9 Å². The lowest BCUT2D eigenvalue weighted by Gasteiger charge is -2.21. The van der Waals surface area contributed by atoms with Crippen LogP contribution in [0.2, 0.25) is 0 Å². The van der Waals surface area contributed by atoms with E-state index in [2.05, 4.69) is 37.5 Å². The average molecular weight is 441 g/mol. The van der Waals surface area contributed by atoms with Crippen LogP contribution in [0.25, 0.3) is 0 Å². The maximum absolute atomic E-state index is 5.23. The first-order valence-corrected chi connectivity index (χ1v) is 7.88. The maximum Gasteiger partial charge on any atom is 0.193 e. The summed E-state index contributed by atoms with van der Waals surface area (Å²) < 4.78 is 5.23. The van der Waals surface area contributed by atoms with Gasteiger partial charge in [-0.3, -0.25) is 10.1 Å². The zero-order chi connectivity index (χ0) is 16.1. The number of benzene rings is 1. The Balaban J connectivity index is 0.00000208. The van der Waals surface area contributed by atoms with Crippen LogP contribution >= 0.6 is 24.0 Å². The predicted octanol–water partition coefficient (Wildman–Crippen LogP) is 2.60. The first-order valence-electron chi connectivity index (χ1n) is 7.88. The Morgan fingerprint density at radius 1 is 1.38 bits per heavy atom. The van der Waals surface area contributed by atoms with E-state index in [0.29, 0.717) is 12.5 Å². The van der Waals surface area contributed by atoms with Crippen LogP contribution < -0.4 is 10.1 Å². The van der Waals surface area contributed by atoms with Gasteiger partial charge in [0.2, 0.25) is 0 Å². The molecule has 6 nitrogen and oxygen atoms in total. The lowest BCUT2D eigenvalue weighted by molar-refractivity contribution is 0.414. The molecule has 24 heavy (non-hydrogen) atoms. The largest absolute Gasteiger partial charge is 0.497 e. The Morgan fingerprint density at radius 2 is 2.17 bits per heavy atom. The number of hydrogen-bond acceptors (Lipinski definition) is 3. The van der Waals surface area contributed by atoms with Gasteiger partial charge in [-0.25, -0.2) is 0 Å². The van der Waals surface area contributed by atoms with Gasteiger partial charge >= 0.3 is 0 Å². The Kier molecular flexibility index (Phi) is 6.89. The fourth-order valence-electron chi connectivity index (χ4n) is 2.99. The highest BCUT2D eigenvalue weighted by atomic mass is 127. The van der Waals surface area contributed by atoms with Gasteiger partial charge < -0.3 is 15.0 Å². The molecule has 0 radical (unpaired) electrons. The standard InChI is InChI=1S/C17H23N5O.HI/c1-18-17(19-11-15-7-9-20-21-15)22-10-8-14(12-22)13-3-5-16(23-2)6-4-13;/h3-7,9,14H,8,10-12H2,1-2H3,(H,18,19)(H,20,21);1H. The summed E-state index contributed by atoms with van der Waals surface area (Å²) in [4.78, 5) is 6.71. The van der Waals surface area contributed by atoms with Crippen molar-refractivity contribution in [3.05, 3.63) is 47.8 Å². The molecule has 2 aromatic rings. The van der Waals surface area contributed by atoms with E-state index in [4.69, 9.17) is 4.74 Å². The molecule has 3 rings (SSSR count).